The first-order chi connectivity index (χ1) is 8.17. The van der Waals surface area contributed by atoms with Gasteiger partial charge in [0.05, 0.1) is 0 Å². The molecule has 0 fully saturated rings. The van der Waals surface area contributed by atoms with Crippen molar-refractivity contribution in [1.82, 2.24) is 0 Å². The Kier molecular flexibility index (Phi) is 4.20. The monoisotopic (exact) mass is 311 g/mol. The van der Waals surface area contributed by atoms with Crippen molar-refractivity contribution in [3.63, 3.8) is 0 Å². The first kappa shape index (κ1) is 12.6. The van der Waals surface area contributed by atoms with Gasteiger partial charge in [-0.1, -0.05) is 33.8 Å². The van der Waals surface area contributed by atoms with Gasteiger partial charge in [-0.25, -0.2) is 4.39 Å². The van der Waals surface area contributed by atoms with Crippen LogP contribution in [0.3, 0.4) is 0 Å². The Morgan fingerprint density at radius 2 is 1.94 bits per heavy atom. The second-order valence-electron chi connectivity index (χ2n) is 3.56. The lowest BCUT2D eigenvalue weighted by Crippen LogP contribution is -1.96. The van der Waals surface area contributed by atoms with Crippen LogP contribution in [0.15, 0.2) is 56.7 Å². The molecular formula is C13H11BrFNS. The Hall–Kier alpha value is -0.840. The Balaban J connectivity index is 2.26. The van der Waals surface area contributed by atoms with E-state index in [0.29, 0.717) is 6.54 Å². The van der Waals surface area contributed by atoms with E-state index in [1.807, 2.05) is 24.3 Å². The van der Waals surface area contributed by atoms with Gasteiger partial charge in [-0.3, -0.25) is 0 Å². The highest BCUT2D eigenvalue weighted by molar-refractivity contribution is 9.10. The SMILES string of the molecule is NCc1cc(Br)cc(Sc2cccc(F)c2)c1. The molecule has 0 amide bonds. The smallest absolute Gasteiger partial charge is 0.124 e. The molecule has 0 saturated heterocycles. The molecule has 88 valence electrons. The van der Waals surface area contributed by atoms with E-state index in [0.717, 1.165) is 19.8 Å². The number of hydrogen-bond donors (Lipinski definition) is 1. The fraction of sp³-hybridized carbons (Fsp3) is 0.0769. The van der Waals surface area contributed by atoms with Crippen LogP contribution in [-0.2, 0) is 6.54 Å². The van der Waals surface area contributed by atoms with E-state index in [1.165, 1.54) is 23.9 Å². The van der Waals surface area contributed by atoms with Crippen LogP contribution in [0.5, 0.6) is 0 Å². The van der Waals surface area contributed by atoms with Crippen LogP contribution in [0.2, 0.25) is 0 Å². The maximum atomic E-state index is 13.1. The summed E-state index contributed by atoms with van der Waals surface area (Å²) in [7, 11) is 0. The summed E-state index contributed by atoms with van der Waals surface area (Å²) >= 11 is 4.96. The van der Waals surface area contributed by atoms with Gasteiger partial charge in [0.1, 0.15) is 5.82 Å². The summed E-state index contributed by atoms with van der Waals surface area (Å²) in [5, 5.41) is 0. The van der Waals surface area contributed by atoms with Crippen molar-refractivity contribution >= 4 is 27.7 Å². The molecular weight excluding hydrogens is 301 g/mol. The molecule has 0 aliphatic heterocycles. The van der Waals surface area contributed by atoms with Gasteiger partial charge in [0.15, 0.2) is 0 Å². The fourth-order valence-corrected chi connectivity index (χ4v) is 3.14. The van der Waals surface area contributed by atoms with Gasteiger partial charge in [0.25, 0.3) is 0 Å². The average molecular weight is 312 g/mol. The molecule has 2 aromatic rings. The Morgan fingerprint density at radius 3 is 2.65 bits per heavy atom. The average Bonchev–Trinajstić information content (AvgIpc) is 2.28. The maximum absolute atomic E-state index is 13.1. The van der Waals surface area contributed by atoms with Crippen LogP contribution in [0.4, 0.5) is 4.39 Å². The Morgan fingerprint density at radius 1 is 1.12 bits per heavy atom. The number of halogens is 2. The number of nitrogens with two attached hydrogens (primary N) is 1. The molecule has 0 unspecified atom stereocenters. The molecule has 0 spiro atoms. The molecule has 0 aromatic heterocycles. The molecule has 0 aliphatic rings. The summed E-state index contributed by atoms with van der Waals surface area (Å²) < 4.78 is 14.0. The van der Waals surface area contributed by atoms with Crippen molar-refractivity contribution < 1.29 is 4.39 Å². The summed E-state index contributed by atoms with van der Waals surface area (Å²) in [4.78, 5) is 1.93. The molecule has 2 rings (SSSR count). The summed E-state index contributed by atoms with van der Waals surface area (Å²) in [5.74, 6) is -0.218. The third-order valence-corrected chi connectivity index (χ3v) is 3.62. The normalized spacial score (nSPS) is 10.5. The van der Waals surface area contributed by atoms with Crippen molar-refractivity contribution in [2.24, 2.45) is 5.73 Å². The van der Waals surface area contributed by atoms with Crippen molar-refractivity contribution in [3.05, 3.63) is 58.3 Å². The largest absolute Gasteiger partial charge is 0.326 e. The van der Waals surface area contributed by atoms with Crippen molar-refractivity contribution in [2.45, 2.75) is 16.3 Å². The van der Waals surface area contributed by atoms with Gasteiger partial charge in [-0.15, -0.1) is 0 Å². The van der Waals surface area contributed by atoms with E-state index in [-0.39, 0.29) is 5.82 Å². The van der Waals surface area contributed by atoms with E-state index in [1.54, 1.807) is 6.07 Å². The first-order valence-electron chi connectivity index (χ1n) is 5.10. The number of hydrogen-bond acceptors (Lipinski definition) is 2. The zero-order chi connectivity index (χ0) is 12.3. The maximum Gasteiger partial charge on any atom is 0.124 e. The molecule has 0 heterocycles. The molecule has 0 saturated carbocycles. The zero-order valence-corrected chi connectivity index (χ0v) is 11.4. The predicted molar refractivity (Wildman–Crippen MR) is 72.6 cm³/mol. The van der Waals surface area contributed by atoms with Crippen molar-refractivity contribution in [1.29, 1.82) is 0 Å². The van der Waals surface area contributed by atoms with Gasteiger partial charge in [0, 0.05) is 20.8 Å². The number of rotatable bonds is 3. The number of benzene rings is 2. The second kappa shape index (κ2) is 5.67. The fourth-order valence-electron chi connectivity index (χ4n) is 1.46. The summed E-state index contributed by atoms with van der Waals surface area (Å²) in [6, 6.07) is 12.5. The standard InChI is InChI=1S/C13H11BrFNS/c14-10-4-9(8-16)5-13(6-10)17-12-3-1-2-11(15)7-12/h1-7H,8,16H2. The minimum atomic E-state index is -0.218. The third-order valence-electron chi connectivity index (χ3n) is 2.20. The minimum Gasteiger partial charge on any atom is -0.326 e. The third kappa shape index (κ3) is 3.56. The topological polar surface area (TPSA) is 26.0 Å². The van der Waals surface area contributed by atoms with E-state index < -0.39 is 0 Å². The van der Waals surface area contributed by atoms with Crippen molar-refractivity contribution in [3.8, 4) is 0 Å². The predicted octanol–water partition coefficient (Wildman–Crippen LogP) is 4.20. The van der Waals surface area contributed by atoms with E-state index in [9.17, 15) is 4.39 Å². The quantitative estimate of drug-likeness (QED) is 0.919. The molecule has 0 bridgehead atoms. The molecule has 0 atom stereocenters. The van der Waals surface area contributed by atoms with Gasteiger partial charge in [-0.2, -0.15) is 0 Å². The van der Waals surface area contributed by atoms with Gasteiger partial charge >= 0.3 is 0 Å². The van der Waals surface area contributed by atoms with Crippen LogP contribution in [0.25, 0.3) is 0 Å². The minimum absolute atomic E-state index is 0.218. The molecule has 2 N–H and O–H groups in total. The Bertz CT molecular complexity index is 531. The van der Waals surface area contributed by atoms with Gasteiger partial charge < -0.3 is 5.73 Å². The molecule has 0 radical (unpaired) electrons. The van der Waals surface area contributed by atoms with E-state index in [2.05, 4.69) is 15.9 Å². The van der Waals surface area contributed by atoms with Crippen LogP contribution in [0, 0.1) is 5.82 Å². The highest BCUT2D eigenvalue weighted by Gasteiger charge is 2.02. The van der Waals surface area contributed by atoms with Crippen LogP contribution in [0.1, 0.15) is 5.56 Å². The lowest BCUT2D eigenvalue weighted by Gasteiger charge is -2.05. The molecule has 2 aromatic carbocycles. The summed E-state index contributed by atoms with van der Waals surface area (Å²) in [6.07, 6.45) is 0. The first-order valence-corrected chi connectivity index (χ1v) is 6.71. The molecule has 4 heteroatoms. The summed E-state index contributed by atoms with van der Waals surface area (Å²) in [5.41, 5.74) is 6.67. The molecule has 0 aliphatic carbocycles. The second-order valence-corrected chi connectivity index (χ2v) is 5.62. The highest BCUT2D eigenvalue weighted by Crippen LogP contribution is 2.30. The lowest BCUT2D eigenvalue weighted by molar-refractivity contribution is 0.624. The lowest BCUT2D eigenvalue weighted by atomic mass is 10.2. The molecule has 17 heavy (non-hydrogen) atoms. The Labute approximate surface area is 112 Å². The van der Waals surface area contributed by atoms with Gasteiger partial charge in [0.2, 0.25) is 0 Å². The van der Waals surface area contributed by atoms with Crippen LogP contribution in [-0.4, -0.2) is 0 Å². The van der Waals surface area contributed by atoms with Crippen LogP contribution >= 0.6 is 27.7 Å². The summed E-state index contributed by atoms with van der Waals surface area (Å²) in [6.45, 7) is 0.496. The van der Waals surface area contributed by atoms with Crippen LogP contribution < -0.4 is 5.73 Å². The molecule has 1 nitrogen and oxygen atoms in total. The van der Waals surface area contributed by atoms with E-state index in [4.69, 9.17) is 5.73 Å². The van der Waals surface area contributed by atoms with E-state index >= 15 is 0 Å². The van der Waals surface area contributed by atoms with Gasteiger partial charge in [-0.05, 0) is 42.0 Å². The van der Waals surface area contributed by atoms with Crippen molar-refractivity contribution in [2.75, 3.05) is 0 Å². The zero-order valence-electron chi connectivity index (χ0n) is 8.99. The highest BCUT2D eigenvalue weighted by atomic mass is 79.9.